The molecule has 86 heavy (non-hydrogen) atoms. The van der Waals surface area contributed by atoms with Crippen molar-refractivity contribution >= 4 is 64.6 Å². The molecule has 0 saturated carbocycles. The number of amides is 3. The topological polar surface area (TPSA) is 185 Å². The zero-order chi connectivity index (χ0) is 60.4. The fourth-order valence-electron chi connectivity index (χ4n) is 10.6. The first-order chi connectivity index (χ1) is 40.8. The summed E-state index contributed by atoms with van der Waals surface area (Å²) in [5, 5.41) is 10.0. The number of aromatic nitrogens is 6. The van der Waals surface area contributed by atoms with Gasteiger partial charge in [0, 0.05) is 98.7 Å². The number of rotatable bonds is 18. The van der Waals surface area contributed by atoms with Gasteiger partial charge < -0.3 is 44.9 Å². The molecule has 0 aliphatic carbocycles. The van der Waals surface area contributed by atoms with E-state index in [1.54, 1.807) is 71.2 Å². The van der Waals surface area contributed by atoms with Gasteiger partial charge in [-0.25, -0.2) is 24.7 Å². The maximum Gasteiger partial charge on any atom is 0.410 e. The Kier molecular flexibility index (Phi) is 21.1. The number of ether oxygens (including phenoxy) is 3. The molecule has 10 rings (SSSR count). The number of piperidine rings is 2. The third-order valence-electron chi connectivity index (χ3n) is 15.2. The van der Waals surface area contributed by atoms with E-state index < -0.39 is 18.8 Å². The normalized spacial score (nSPS) is 13.9. The van der Waals surface area contributed by atoms with Crippen LogP contribution in [0.15, 0.2) is 122 Å². The van der Waals surface area contributed by atoms with Gasteiger partial charge in [0.1, 0.15) is 17.1 Å². The van der Waals surface area contributed by atoms with Gasteiger partial charge in [-0.3, -0.25) is 18.4 Å². The third-order valence-corrected chi connectivity index (χ3v) is 15.2. The average Bonchev–Trinajstić information content (AvgIpc) is 2.76. The number of alkyl halides is 4. The highest BCUT2D eigenvalue weighted by Crippen LogP contribution is 2.31. The lowest BCUT2D eigenvalue weighted by molar-refractivity contribution is -0.0505. The van der Waals surface area contributed by atoms with Crippen molar-refractivity contribution in [3.63, 3.8) is 0 Å². The summed E-state index contributed by atoms with van der Waals surface area (Å²) in [6.45, 7) is 8.53. The fourth-order valence-corrected chi connectivity index (χ4v) is 10.6. The van der Waals surface area contributed by atoms with Gasteiger partial charge in [-0.15, -0.1) is 12.4 Å². The van der Waals surface area contributed by atoms with E-state index in [1.165, 1.54) is 37.1 Å². The summed E-state index contributed by atoms with van der Waals surface area (Å²) < 4.78 is 68.1. The molecule has 0 radical (unpaired) electrons. The number of carbonyl (C=O) groups is 3. The van der Waals surface area contributed by atoms with Crippen LogP contribution in [0.1, 0.15) is 91.1 Å². The van der Waals surface area contributed by atoms with Crippen molar-refractivity contribution < 1.29 is 46.2 Å². The highest BCUT2D eigenvalue weighted by Gasteiger charge is 2.28. The van der Waals surface area contributed by atoms with E-state index in [2.05, 4.69) is 45.4 Å². The lowest BCUT2D eigenvalue weighted by Gasteiger charge is -2.34. The quantitative estimate of drug-likeness (QED) is 0.0690. The molecule has 0 spiro atoms. The minimum absolute atomic E-state index is 0. The van der Waals surface area contributed by atoms with Gasteiger partial charge in [-0.1, -0.05) is 0 Å². The van der Waals surface area contributed by atoms with Gasteiger partial charge in [0.15, 0.2) is 22.9 Å². The van der Waals surface area contributed by atoms with Gasteiger partial charge in [0.05, 0.1) is 23.8 Å². The number of aryl methyl sites for hydroxylation is 2. The third kappa shape index (κ3) is 16.3. The maximum absolute atomic E-state index is 13.3. The Morgan fingerprint density at radius 2 is 1.05 bits per heavy atom. The van der Waals surface area contributed by atoms with E-state index in [0.717, 1.165) is 90.3 Å². The van der Waals surface area contributed by atoms with E-state index in [-0.39, 0.29) is 41.8 Å². The van der Waals surface area contributed by atoms with Crippen LogP contribution in [0.5, 0.6) is 11.5 Å². The molecule has 18 nitrogen and oxygen atoms in total. The van der Waals surface area contributed by atoms with Crippen molar-refractivity contribution in [3.8, 4) is 34.0 Å². The van der Waals surface area contributed by atoms with Crippen LogP contribution in [0.3, 0.4) is 0 Å². The number of anilines is 4. The first-order valence-electron chi connectivity index (χ1n) is 28.5. The van der Waals surface area contributed by atoms with Crippen LogP contribution in [0.2, 0.25) is 0 Å². The monoisotopic (exact) mass is 1200 g/mol. The molecule has 2 aliphatic heterocycles. The number of halogens is 5. The van der Waals surface area contributed by atoms with Crippen LogP contribution in [-0.4, -0.2) is 134 Å². The number of imidazole rings is 2. The molecule has 23 heteroatoms. The molecule has 6 heterocycles. The van der Waals surface area contributed by atoms with E-state index in [9.17, 15) is 31.9 Å². The number of nitrogens with one attached hydrogen (secondary N) is 3. The van der Waals surface area contributed by atoms with Crippen LogP contribution in [0, 0.1) is 25.7 Å². The fraction of sp³-hybridized carbons (Fsp3) is 0.381. The van der Waals surface area contributed by atoms with Crippen LogP contribution in [0.25, 0.3) is 33.8 Å². The van der Waals surface area contributed by atoms with Crippen LogP contribution in [0.4, 0.5) is 45.4 Å². The molecule has 3 N–H and O–H groups in total. The molecule has 0 bridgehead atoms. The Morgan fingerprint density at radius 1 is 0.628 bits per heavy atom. The van der Waals surface area contributed by atoms with Crippen LogP contribution >= 0.6 is 12.4 Å². The molecule has 456 valence electrons. The van der Waals surface area contributed by atoms with Crippen molar-refractivity contribution in [1.29, 1.82) is 0 Å². The Hall–Kier alpha value is -8.50. The maximum atomic E-state index is 13.3. The summed E-state index contributed by atoms with van der Waals surface area (Å²) in [7, 11) is 3.69. The second kappa shape index (κ2) is 28.6. The Balaban J connectivity index is 0.000000224. The van der Waals surface area contributed by atoms with E-state index >= 15 is 0 Å². The highest BCUT2D eigenvalue weighted by atomic mass is 35.5. The minimum atomic E-state index is -2.88. The molecule has 3 amide bonds. The van der Waals surface area contributed by atoms with Crippen LogP contribution in [-0.2, 0) is 4.74 Å². The second-order valence-electron chi connectivity index (χ2n) is 22.5. The first-order valence-corrected chi connectivity index (χ1v) is 28.5. The highest BCUT2D eigenvalue weighted by molar-refractivity contribution is 5.97. The summed E-state index contributed by atoms with van der Waals surface area (Å²) >= 11 is 0. The van der Waals surface area contributed by atoms with Gasteiger partial charge >= 0.3 is 19.3 Å². The summed E-state index contributed by atoms with van der Waals surface area (Å²) in [6, 6.07) is 24.0. The first kappa shape index (κ1) is 63.5. The van der Waals surface area contributed by atoms with Gasteiger partial charge in [0.2, 0.25) is 0 Å². The van der Waals surface area contributed by atoms with Crippen molar-refractivity contribution in [2.75, 3.05) is 64.0 Å². The smallest absolute Gasteiger partial charge is 0.410 e. The molecule has 2 fully saturated rings. The van der Waals surface area contributed by atoms with Crippen molar-refractivity contribution in [1.82, 2.24) is 48.8 Å². The summed E-state index contributed by atoms with van der Waals surface area (Å²) in [6.07, 6.45) is 16.0. The van der Waals surface area contributed by atoms with Crippen LogP contribution < -0.4 is 25.4 Å². The zero-order valence-electron chi connectivity index (χ0n) is 49.2. The van der Waals surface area contributed by atoms with Crippen molar-refractivity contribution in [2.45, 2.75) is 92.0 Å². The molecular formula is C63H73ClF4N12O6. The largest absolute Gasteiger partial charge is 0.444 e. The lowest BCUT2D eigenvalue weighted by Crippen LogP contribution is -2.42. The predicted molar refractivity (Wildman–Crippen MR) is 326 cm³/mol. The number of hydrogen-bond acceptors (Lipinski definition) is 13. The molecule has 2 aliphatic rings. The summed E-state index contributed by atoms with van der Waals surface area (Å²) in [4.78, 5) is 62.2. The minimum Gasteiger partial charge on any atom is -0.444 e. The molecule has 4 aromatic heterocycles. The Labute approximate surface area is 503 Å². The van der Waals surface area contributed by atoms with E-state index in [4.69, 9.17) is 4.74 Å². The van der Waals surface area contributed by atoms with Crippen molar-refractivity contribution in [3.05, 3.63) is 144 Å². The standard InChI is InChI=1S/C34H40F2N6O4.C29H32F2N6O2.ClH/c1-22-20-25(39-29-30-38-21-28(42(30)19-15-37-29)24-6-9-26(10-7-24)45-32(35)36)8-11-27(22)31(43)40(5)16-12-23-13-17-41(18-14-23)33(44)46-34(2,3)4;1-19-17-22(5-8-24(19)28(38)36(2)15-11-20-9-12-32-13-10-20)35-26-27-34-18-25(37(27)16-14-33-26)21-3-6-23(7-4-21)39-29(30)31;/h6-11,15,19-21,23,32H,12-14,16-18H2,1-5H3,(H,37,39);3-8,14,16-18,20,29,32H,9-13,15H2,1-2H3,(H,33,35);1H. The van der Waals surface area contributed by atoms with Gasteiger partial charge in [-0.2, -0.15) is 17.6 Å². The number of benzene rings is 4. The molecule has 0 unspecified atom stereocenters. The number of likely N-dealkylation sites (tertiary alicyclic amines) is 1. The second-order valence-corrected chi connectivity index (χ2v) is 22.5. The van der Waals surface area contributed by atoms with Gasteiger partial charge in [0.25, 0.3) is 11.8 Å². The molecule has 2 saturated heterocycles. The van der Waals surface area contributed by atoms with E-state index in [1.807, 2.05) is 98.8 Å². The molecule has 4 aromatic carbocycles. The average molecular weight is 1210 g/mol. The molecule has 0 atom stereocenters. The van der Waals surface area contributed by atoms with Crippen molar-refractivity contribution in [2.24, 2.45) is 11.8 Å². The predicted octanol–water partition coefficient (Wildman–Crippen LogP) is 13.1. The number of carbonyl (C=O) groups excluding carboxylic acids is 3. The lowest BCUT2D eigenvalue weighted by atomic mass is 9.93. The zero-order valence-corrected chi connectivity index (χ0v) is 50.1. The Morgan fingerprint density at radius 3 is 1.44 bits per heavy atom. The van der Waals surface area contributed by atoms with E-state index in [0.29, 0.717) is 65.5 Å². The molecule has 8 aromatic rings. The Bertz CT molecular complexity index is 3590. The molecular weight excluding hydrogens is 1130 g/mol. The SMILES string of the molecule is Cc1cc(Nc2nccn3c(-c4ccc(OC(F)F)cc4)cnc23)ccc1C(=O)N(C)CCC1CCN(C(=O)OC(C)(C)C)CC1.Cc1cc(Nc2nccn3c(-c4ccc(OC(F)F)cc4)cnc23)ccc1C(=O)N(C)CCC1CCNCC1.Cl. The van der Waals surface area contributed by atoms with Gasteiger partial charge in [-0.05, 0) is 194 Å². The summed E-state index contributed by atoms with van der Waals surface area (Å²) in [5.41, 5.74) is 8.36. The number of nitrogens with zero attached hydrogens (tertiary/aromatic N) is 9. The summed E-state index contributed by atoms with van der Waals surface area (Å²) in [5.74, 6) is 2.35. The number of hydrogen-bond donors (Lipinski definition) is 3. The number of fused-ring (bicyclic) bond motifs is 2.